The molecular formula is C15H19NO4S. The largest absolute Gasteiger partial charge is 0.300 e. The summed E-state index contributed by atoms with van der Waals surface area (Å²) in [5.41, 5.74) is 0.954. The Kier molecular flexibility index (Phi) is 4.77. The van der Waals surface area contributed by atoms with Crippen LogP contribution in [0.25, 0.3) is 0 Å². The summed E-state index contributed by atoms with van der Waals surface area (Å²) in [5.74, 6) is -0.469. The molecule has 0 saturated carbocycles. The first-order chi connectivity index (χ1) is 9.91. The van der Waals surface area contributed by atoms with Crippen LogP contribution in [0.4, 0.5) is 0 Å². The van der Waals surface area contributed by atoms with Gasteiger partial charge in [-0.1, -0.05) is 17.7 Å². The Balaban J connectivity index is 2.29. The van der Waals surface area contributed by atoms with Gasteiger partial charge in [0.2, 0.25) is 5.91 Å². The summed E-state index contributed by atoms with van der Waals surface area (Å²) in [6.07, 6.45) is 1.64. The van der Waals surface area contributed by atoms with Gasteiger partial charge in [-0.05, 0) is 31.9 Å². The van der Waals surface area contributed by atoms with E-state index in [0.29, 0.717) is 19.3 Å². The summed E-state index contributed by atoms with van der Waals surface area (Å²) in [6.45, 7) is 2.01. The third-order valence-corrected chi connectivity index (χ3v) is 5.41. The molecule has 21 heavy (non-hydrogen) atoms. The van der Waals surface area contributed by atoms with Crippen LogP contribution in [0, 0.1) is 6.92 Å². The van der Waals surface area contributed by atoms with Crippen LogP contribution in [0.5, 0.6) is 0 Å². The molecule has 0 atom stereocenters. The van der Waals surface area contributed by atoms with E-state index in [1.807, 2.05) is 6.92 Å². The van der Waals surface area contributed by atoms with Gasteiger partial charge in [0, 0.05) is 25.8 Å². The van der Waals surface area contributed by atoms with E-state index in [2.05, 4.69) is 0 Å². The molecule has 1 saturated heterocycles. The summed E-state index contributed by atoms with van der Waals surface area (Å²) < 4.78 is 26.1. The van der Waals surface area contributed by atoms with Gasteiger partial charge in [0.25, 0.3) is 10.0 Å². The lowest BCUT2D eigenvalue weighted by atomic mass is 10.1. The van der Waals surface area contributed by atoms with E-state index in [-0.39, 0.29) is 30.1 Å². The zero-order valence-corrected chi connectivity index (χ0v) is 12.9. The lowest BCUT2D eigenvalue weighted by molar-refractivity contribution is -0.128. The molecule has 1 amide bonds. The summed E-state index contributed by atoms with van der Waals surface area (Å²) in [6, 6.07) is 6.43. The van der Waals surface area contributed by atoms with E-state index in [4.69, 9.17) is 0 Å². The number of amides is 1. The highest BCUT2D eigenvalue weighted by Gasteiger charge is 2.29. The second kappa shape index (κ2) is 6.39. The molecule has 5 nitrogen and oxygen atoms in total. The number of carbonyl (C=O) groups excluding carboxylic acids is 2. The van der Waals surface area contributed by atoms with E-state index in [9.17, 15) is 18.0 Å². The van der Waals surface area contributed by atoms with Gasteiger partial charge in [0.1, 0.15) is 5.78 Å². The van der Waals surface area contributed by atoms with Gasteiger partial charge in [-0.25, -0.2) is 12.7 Å². The number of hydrogen-bond donors (Lipinski definition) is 0. The zero-order chi connectivity index (χ0) is 15.5. The van der Waals surface area contributed by atoms with Gasteiger partial charge in [0.15, 0.2) is 0 Å². The second-order valence-electron chi connectivity index (χ2n) is 5.28. The number of carbonyl (C=O) groups is 2. The maximum Gasteiger partial charge on any atom is 0.266 e. The maximum atomic E-state index is 12.6. The smallest absolute Gasteiger partial charge is 0.266 e. The number of aryl methyl sites for hydroxylation is 1. The average Bonchev–Trinajstić information content (AvgIpc) is 2.52. The summed E-state index contributed by atoms with van der Waals surface area (Å²) in [7, 11) is -3.83. The van der Waals surface area contributed by atoms with Crippen LogP contribution in [-0.2, 0) is 19.6 Å². The molecule has 0 N–H and O–H groups in total. The van der Waals surface area contributed by atoms with Crippen molar-refractivity contribution in [3.05, 3.63) is 29.8 Å². The standard InChI is InChI=1S/C15H19NO4S/c1-12-5-8-14(9-6-12)21(19,20)16-11-3-2-4-13(17)7-10-15(16)18/h5-6,8-9H,2-4,7,10-11H2,1H3. The number of benzene rings is 1. The highest BCUT2D eigenvalue weighted by molar-refractivity contribution is 7.89. The van der Waals surface area contributed by atoms with Crippen molar-refractivity contribution in [2.45, 2.75) is 43.9 Å². The minimum Gasteiger partial charge on any atom is -0.300 e. The summed E-state index contributed by atoms with van der Waals surface area (Å²) in [5, 5.41) is 0. The van der Waals surface area contributed by atoms with Crippen molar-refractivity contribution in [3.8, 4) is 0 Å². The van der Waals surface area contributed by atoms with Crippen molar-refractivity contribution in [1.29, 1.82) is 0 Å². The Hall–Kier alpha value is -1.69. The van der Waals surface area contributed by atoms with Crippen LogP contribution in [0.1, 0.15) is 37.7 Å². The van der Waals surface area contributed by atoms with Crippen LogP contribution in [0.3, 0.4) is 0 Å². The predicted molar refractivity (Wildman–Crippen MR) is 78.2 cm³/mol. The van der Waals surface area contributed by atoms with E-state index >= 15 is 0 Å². The number of Topliss-reactive ketones (excluding diaryl/α,β-unsaturated/α-hetero) is 1. The highest BCUT2D eigenvalue weighted by atomic mass is 32.2. The van der Waals surface area contributed by atoms with Crippen LogP contribution in [-0.4, -0.2) is 31.0 Å². The zero-order valence-electron chi connectivity index (χ0n) is 12.0. The molecule has 0 aliphatic carbocycles. The lowest BCUT2D eigenvalue weighted by Crippen LogP contribution is -2.37. The van der Waals surface area contributed by atoms with Gasteiger partial charge in [-0.15, -0.1) is 0 Å². The number of ketones is 1. The first kappa shape index (κ1) is 15.7. The predicted octanol–water partition coefficient (Wildman–Crippen LogP) is 2.05. The molecule has 0 bridgehead atoms. The maximum absolute atomic E-state index is 12.6. The number of rotatable bonds is 2. The van der Waals surface area contributed by atoms with E-state index in [1.165, 1.54) is 12.1 Å². The fraction of sp³-hybridized carbons (Fsp3) is 0.467. The van der Waals surface area contributed by atoms with Crippen molar-refractivity contribution in [2.75, 3.05) is 6.54 Å². The number of sulfonamides is 1. The third-order valence-electron chi connectivity index (χ3n) is 3.57. The molecule has 114 valence electrons. The second-order valence-corrected chi connectivity index (χ2v) is 7.14. The average molecular weight is 309 g/mol. The molecule has 2 rings (SSSR count). The molecular weight excluding hydrogens is 290 g/mol. The molecule has 1 aromatic rings. The molecule has 1 fully saturated rings. The quantitative estimate of drug-likeness (QED) is 0.838. The Bertz CT molecular complexity index is 634. The third kappa shape index (κ3) is 3.69. The van der Waals surface area contributed by atoms with E-state index < -0.39 is 15.9 Å². The minimum absolute atomic E-state index is 0.0259. The minimum atomic E-state index is -3.83. The van der Waals surface area contributed by atoms with Crippen molar-refractivity contribution >= 4 is 21.7 Å². The summed E-state index contributed by atoms with van der Waals surface area (Å²) >= 11 is 0. The van der Waals surface area contributed by atoms with E-state index in [1.54, 1.807) is 12.1 Å². The Labute approximate surface area is 125 Å². The van der Waals surface area contributed by atoms with Crippen LogP contribution in [0.15, 0.2) is 29.2 Å². The van der Waals surface area contributed by atoms with Crippen LogP contribution >= 0.6 is 0 Å². The van der Waals surface area contributed by atoms with E-state index in [0.717, 1.165) is 9.87 Å². The molecule has 6 heteroatoms. The van der Waals surface area contributed by atoms with Crippen molar-refractivity contribution < 1.29 is 18.0 Å². The number of hydrogen-bond acceptors (Lipinski definition) is 4. The van der Waals surface area contributed by atoms with Gasteiger partial charge in [-0.3, -0.25) is 9.59 Å². The lowest BCUT2D eigenvalue weighted by Gasteiger charge is -2.21. The van der Waals surface area contributed by atoms with Gasteiger partial charge in [0.05, 0.1) is 4.90 Å². The van der Waals surface area contributed by atoms with Crippen molar-refractivity contribution in [2.24, 2.45) is 0 Å². The first-order valence-electron chi connectivity index (χ1n) is 7.05. The molecule has 0 spiro atoms. The number of nitrogens with zero attached hydrogens (tertiary/aromatic N) is 1. The molecule has 1 aliphatic rings. The molecule has 0 aromatic heterocycles. The molecule has 1 aliphatic heterocycles. The monoisotopic (exact) mass is 309 g/mol. The fourth-order valence-corrected chi connectivity index (χ4v) is 3.75. The Morgan fingerprint density at radius 2 is 1.62 bits per heavy atom. The SMILES string of the molecule is Cc1ccc(S(=O)(=O)N2CCCCC(=O)CCC2=O)cc1. The Morgan fingerprint density at radius 3 is 2.29 bits per heavy atom. The fourth-order valence-electron chi connectivity index (χ4n) is 2.29. The van der Waals surface area contributed by atoms with Crippen molar-refractivity contribution in [3.63, 3.8) is 0 Å². The molecule has 0 radical (unpaired) electrons. The van der Waals surface area contributed by atoms with Crippen molar-refractivity contribution in [1.82, 2.24) is 4.31 Å². The Morgan fingerprint density at radius 1 is 0.952 bits per heavy atom. The normalized spacial score (nSPS) is 18.0. The van der Waals surface area contributed by atoms with Gasteiger partial charge < -0.3 is 0 Å². The van der Waals surface area contributed by atoms with Gasteiger partial charge >= 0.3 is 0 Å². The first-order valence-corrected chi connectivity index (χ1v) is 8.49. The highest BCUT2D eigenvalue weighted by Crippen LogP contribution is 2.20. The van der Waals surface area contributed by atoms with Gasteiger partial charge in [-0.2, -0.15) is 0 Å². The van der Waals surface area contributed by atoms with Crippen LogP contribution < -0.4 is 0 Å². The topological polar surface area (TPSA) is 71.5 Å². The molecule has 1 aromatic carbocycles. The van der Waals surface area contributed by atoms with Crippen LogP contribution in [0.2, 0.25) is 0 Å². The molecule has 1 heterocycles. The summed E-state index contributed by atoms with van der Waals surface area (Å²) in [4.78, 5) is 23.7. The molecule has 0 unspecified atom stereocenters.